The molecule has 1 heterocycles. The van der Waals surface area contributed by atoms with E-state index in [1.54, 1.807) is 22.5 Å². The van der Waals surface area contributed by atoms with Crippen LogP contribution in [0.2, 0.25) is 0 Å². The van der Waals surface area contributed by atoms with E-state index < -0.39 is 10.0 Å². The maximum absolute atomic E-state index is 12.8. The van der Waals surface area contributed by atoms with Crippen LogP contribution in [0.1, 0.15) is 37.7 Å². The van der Waals surface area contributed by atoms with Crippen LogP contribution in [-0.2, 0) is 16.6 Å². The van der Waals surface area contributed by atoms with Gasteiger partial charge in [-0.2, -0.15) is 4.31 Å². The van der Waals surface area contributed by atoms with Gasteiger partial charge in [0.05, 0.1) is 4.90 Å². The molecule has 2 N–H and O–H groups in total. The summed E-state index contributed by atoms with van der Waals surface area (Å²) in [5.41, 5.74) is 6.48. The molecule has 5 heteroatoms. The lowest BCUT2D eigenvalue weighted by Crippen LogP contribution is -2.44. The van der Waals surface area contributed by atoms with Gasteiger partial charge in [-0.1, -0.05) is 31.4 Å². The average Bonchev–Trinajstić information content (AvgIpc) is 2.54. The van der Waals surface area contributed by atoms with Crippen molar-refractivity contribution in [3.63, 3.8) is 0 Å². The summed E-state index contributed by atoms with van der Waals surface area (Å²) in [6.07, 6.45) is 6.03. The van der Waals surface area contributed by atoms with Gasteiger partial charge in [0.1, 0.15) is 0 Å². The summed E-state index contributed by atoms with van der Waals surface area (Å²) in [5, 5.41) is 0. The molecule has 1 aliphatic carbocycles. The van der Waals surface area contributed by atoms with Crippen LogP contribution in [0.25, 0.3) is 0 Å². The largest absolute Gasteiger partial charge is 0.326 e. The summed E-state index contributed by atoms with van der Waals surface area (Å²) in [6, 6.07) is 7.04. The Morgan fingerprint density at radius 1 is 1.14 bits per heavy atom. The maximum atomic E-state index is 12.8. The second-order valence-corrected chi connectivity index (χ2v) is 8.25. The zero-order chi connectivity index (χ0) is 14.9. The number of nitrogens with two attached hydrogens (primary N) is 1. The van der Waals surface area contributed by atoms with E-state index in [0.717, 1.165) is 17.9 Å². The molecule has 1 aliphatic heterocycles. The number of benzene rings is 1. The first kappa shape index (κ1) is 15.0. The van der Waals surface area contributed by atoms with Crippen LogP contribution < -0.4 is 5.73 Å². The number of sulfonamides is 1. The Morgan fingerprint density at radius 3 is 2.67 bits per heavy atom. The van der Waals surface area contributed by atoms with Gasteiger partial charge in [0.2, 0.25) is 10.0 Å². The van der Waals surface area contributed by atoms with Gasteiger partial charge in [-0.15, -0.1) is 0 Å². The third-order valence-corrected chi connectivity index (χ3v) is 6.89. The first-order valence-electron chi connectivity index (χ1n) is 7.90. The Bertz CT molecular complexity index is 600. The van der Waals surface area contributed by atoms with E-state index in [1.807, 2.05) is 6.07 Å². The summed E-state index contributed by atoms with van der Waals surface area (Å²) >= 11 is 0. The molecule has 0 spiro atoms. The van der Waals surface area contributed by atoms with Gasteiger partial charge in [-0.05, 0) is 42.4 Å². The van der Waals surface area contributed by atoms with Gasteiger partial charge < -0.3 is 5.73 Å². The summed E-state index contributed by atoms with van der Waals surface area (Å²) < 4.78 is 27.3. The fourth-order valence-corrected chi connectivity index (χ4v) is 5.35. The Morgan fingerprint density at radius 2 is 1.90 bits per heavy atom. The standard InChI is InChI=1S/C16H24N2O2S/c17-11-13-4-3-7-16(10-13)21(19,20)18-9-8-14-5-1-2-6-15(14)12-18/h3-4,7,10,14-15H,1-2,5-6,8-9,11-12,17H2. The van der Waals surface area contributed by atoms with E-state index in [-0.39, 0.29) is 0 Å². The Balaban J connectivity index is 1.81. The lowest BCUT2D eigenvalue weighted by molar-refractivity contribution is 0.136. The number of piperidine rings is 1. The minimum absolute atomic E-state index is 0.369. The predicted octanol–water partition coefficient (Wildman–Crippen LogP) is 2.35. The Kier molecular flexibility index (Phi) is 4.33. The Hall–Kier alpha value is -0.910. The molecule has 2 fully saturated rings. The van der Waals surface area contributed by atoms with Crippen LogP contribution in [0.4, 0.5) is 0 Å². The molecule has 0 radical (unpaired) electrons. The molecule has 1 saturated heterocycles. The fourth-order valence-electron chi connectivity index (χ4n) is 3.77. The number of hydrogen-bond donors (Lipinski definition) is 1. The summed E-state index contributed by atoms with van der Waals surface area (Å²) in [6.45, 7) is 1.73. The molecular weight excluding hydrogens is 284 g/mol. The van der Waals surface area contributed by atoms with Crippen molar-refractivity contribution in [1.29, 1.82) is 0 Å². The average molecular weight is 308 g/mol. The fraction of sp³-hybridized carbons (Fsp3) is 0.625. The van der Waals surface area contributed by atoms with Crippen LogP contribution in [0, 0.1) is 11.8 Å². The first-order valence-corrected chi connectivity index (χ1v) is 9.34. The monoisotopic (exact) mass is 308 g/mol. The highest BCUT2D eigenvalue weighted by molar-refractivity contribution is 7.89. The highest BCUT2D eigenvalue weighted by Crippen LogP contribution is 2.37. The number of hydrogen-bond acceptors (Lipinski definition) is 3. The van der Waals surface area contributed by atoms with Crippen LogP contribution in [0.3, 0.4) is 0 Å². The van der Waals surface area contributed by atoms with E-state index in [0.29, 0.717) is 30.4 Å². The maximum Gasteiger partial charge on any atom is 0.243 e. The molecule has 2 unspecified atom stereocenters. The van der Waals surface area contributed by atoms with E-state index >= 15 is 0 Å². The molecule has 0 bridgehead atoms. The predicted molar refractivity (Wildman–Crippen MR) is 83.2 cm³/mol. The van der Waals surface area contributed by atoms with E-state index in [2.05, 4.69) is 0 Å². The van der Waals surface area contributed by atoms with E-state index in [4.69, 9.17) is 5.73 Å². The van der Waals surface area contributed by atoms with Crippen LogP contribution in [-0.4, -0.2) is 25.8 Å². The molecule has 1 saturated carbocycles. The summed E-state index contributed by atoms with van der Waals surface area (Å²) in [5.74, 6) is 1.29. The molecule has 0 aromatic heterocycles. The zero-order valence-corrected chi connectivity index (χ0v) is 13.2. The van der Waals surface area contributed by atoms with Crippen molar-refractivity contribution in [2.45, 2.75) is 43.5 Å². The highest BCUT2D eigenvalue weighted by Gasteiger charge is 2.36. The second-order valence-electron chi connectivity index (χ2n) is 6.31. The summed E-state index contributed by atoms with van der Waals surface area (Å²) in [4.78, 5) is 0.389. The molecule has 116 valence electrons. The van der Waals surface area contributed by atoms with Crippen molar-refractivity contribution in [2.75, 3.05) is 13.1 Å². The topological polar surface area (TPSA) is 63.4 Å². The quantitative estimate of drug-likeness (QED) is 0.932. The van der Waals surface area contributed by atoms with Gasteiger partial charge in [-0.3, -0.25) is 0 Å². The zero-order valence-electron chi connectivity index (χ0n) is 12.4. The van der Waals surface area contributed by atoms with Gasteiger partial charge in [0, 0.05) is 19.6 Å². The van der Waals surface area contributed by atoms with Crippen molar-refractivity contribution >= 4 is 10.0 Å². The van der Waals surface area contributed by atoms with Crippen molar-refractivity contribution < 1.29 is 8.42 Å². The SMILES string of the molecule is NCc1cccc(S(=O)(=O)N2CCC3CCCCC3C2)c1. The van der Waals surface area contributed by atoms with E-state index in [1.165, 1.54) is 25.7 Å². The van der Waals surface area contributed by atoms with Gasteiger partial charge in [0.25, 0.3) is 0 Å². The molecule has 1 aromatic rings. The normalized spacial score (nSPS) is 27.3. The second kappa shape index (κ2) is 6.07. The summed E-state index contributed by atoms with van der Waals surface area (Å²) in [7, 11) is -3.37. The number of nitrogens with zero attached hydrogens (tertiary/aromatic N) is 1. The molecule has 2 aliphatic rings. The van der Waals surface area contributed by atoms with Gasteiger partial charge >= 0.3 is 0 Å². The van der Waals surface area contributed by atoms with Crippen LogP contribution in [0.5, 0.6) is 0 Å². The number of rotatable bonds is 3. The molecule has 3 rings (SSSR count). The Labute approximate surface area is 127 Å². The van der Waals surface area contributed by atoms with Crippen LogP contribution >= 0.6 is 0 Å². The first-order chi connectivity index (χ1) is 10.1. The van der Waals surface area contributed by atoms with Crippen molar-refractivity contribution in [3.8, 4) is 0 Å². The van der Waals surface area contributed by atoms with Gasteiger partial charge in [-0.25, -0.2) is 8.42 Å². The molecular formula is C16H24N2O2S. The molecule has 1 aromatic carbocycles. The van der Waals surface area contributed by atoms with E-state index in [9.17, 15) is 8.42 Å². The van der Waals surface area contributed by atoms with Crippen molar-refractivity contribution in [2.24, 2.45) is 17.6 Å². The minimum Gasteiger partial charge on any atom is -0.326 e. The van der Waals surface area contributed by atoms with Crippen molar-refractivity contribution in [1.82, 2.24) is 4.31 Å². The molecule has 4 nitrogen and oxygen atoms in total. The van der Waals surface area contributed by atoms with Crippen molar-refractivity contribution in [3.05, 3.63) is 29.8 Å². The molecule has 2 atom stereocenters. The highest BCUT2D eigenvalue weighted by atomic mass is 32.2. The molecule has 0 amide bonds. The smallest absolute Gasteiger partial charge is 0.243 e. The van der Waals surface area contributed by atoms with Crippen LogP contribution in [0.15, 0.2) is 29.2 Å². The molecule has 21 heavy (non-hydrogen) atoms. The lowest BCUT2D eigenvalue weighted by atomic mass is 9.76. The lowest BCUT2D eigenvalue weighted by Gasteiger charge is -2.40. The third kappa shape index (κ3) is 3.00. The third-order valence-electron chi connectivity index (χ3n) is 5.03. The minimum atomic E-state index is -3.37. The number of fused-ring (bicyclic) bond motifs is 1. The van der Waals surface area contributed by atoms with Gasteiger partial charge in [0.15, 0.2) is 0 Å².